The Kier molecular flexibility index (Phi) is 5.65. The largest absolute Gasteiger partial charge is 0.324 e. The number of carbonyl (C=O) groups excluding carboxylic acids is 2. The lowest BCUT2D eigenvalue weighted by molar-refractivity contribution is -0.117. The van der Waals surface area contributed by atoms with Crippen LogP contribution in [0.5, 0.6) is 0 Å². The first kappa shape index (κ1) is 22.5. The Bertz CT molecular complexity index is 1540. The molecular formula is C23H22N8O3S. The number of hydrogen-bond donors (Lipinski definition) is 4. The van der Waals surface area contributed by atoms with E-state index in [4.69, 9.17) is 0 Å². The van der Waals surface area contributed by atoms with E-state index in [1.54, 1.807) is 12.4 Å². The van der Waals surface area contributed by atoms with Gasteiger partial charge in [-0.2, -0.15) is 5.10 Å². The van der Waals surface area contributed by atoms with E-state index in [2.05, 4.69) is 46.4 Å². The van der Waals surface area contributed by atoms with Crippen molar-refractivity contribution in [3.63, 3.8) is 0 Å². The summed E-state index contributed by atoms with van der Waals surface area (Å²) in [5, 5.41) is 13.3. The monoisotopic (exact) mass is 490 g/mol. The zero-order valence-corrected chi connectivity index (χ0v) is 19.6. The van der Waals surface area contributed by atoms with E-state index in [0.29, 0.717) is 22.3 Å². The van der Waals surface area contributed by atoms with Crippen LogP contribution in [0.15, 0.2) is 49.1 Å². The van der Waals surface area contributed by atoms with Crippen LogP contribution in [-0.4, -0.2) is 53.3 Å². The van der Waals surface area contributed by atoms with Gasteiger partial charge in [-0.25, -0.2) is 14.2 Å². The number of fused-ring (bicyclic) bond motifs is 1. The third-order valence-corrected chi connectivity index (χ3v) is 5.90. The van der Waals surface area contributed by atoms with Crippen molar-refractivity contribution in [1.82, 2.24) is 25.1 Å². The highest BCUT2D eigenvalue weighted by atomic mass is 32.2. The average Bonchev–Trinajstić information content (AvgIpc) is 3.59. The summed E-state index contributed by atoms with van der Waals surface area (Å²) in [6.07, 6.45) is 9.37. The van der Waals surface area contributed by atoms with E-state index in [9.17, 15) is 13.8 Å². The molecule has 1 aliphatic carbocycles. The van der Waals surface area contributed by atoms with Crippen LogP contribution < -0.4 is 15.4 Å². The van der Waals surface area contributed by atoms with Crippen LogP contribution in [0.2, 0.25) is 0 Å². The van der Waals surface area contributed by atoms with Crippen LogP contribution in [0.1, 0.15) is 23.3 Å². The second-order valence-corrected chi connectivity index (χ2v) is 10.6. The summed E-state index contributed by atoms with van der Waals surface area (Å²) in [7, 11) is -2.51. The Morgan fingerprint density at radius 3 is 2.51 bits per heavy atom. The zero-order valence-electron chi connectivity index (χ0n) is 18.7. The normalized spacial score (nSPS) is 14.8. The second kappa shape index (κ2) is 8.80. The van der Waals surface area contributed by atoms with Gasteiger partial charge in [0, 0.05) is 39.0 Å². The van der Waals surface area contributed by atoms with Gasteiger partial charge in [0.2, 0.25) is 11.9 Å². The number of benzene rings is 1. The first-order valence-corrected chi connectivity index (χ1v) is 12.9. The SMILES string of the molecule is C=S(C)(=O)Nc1ncc(NC(=O)c2n[nH]c3ccc(-c4cncc(NC(=O)C5CC5)c4)cc23)cn1. The van der Waals surface area contributed by atoms with Crippen molar-refractivity contribution in [1.29, 1.82) is 0 Å². The Hall–Kier alpha value is -4.32. The third-order valence-electron chi connectivity index (χ3n) is 5.28. The Labute approximate surface area is 200 Å². The van der Waals surface area contributed by atoms with Gasteiger partial charge in [-0.05, 0) is 42.5 Å². The first-order valence-electron chi connectivity index (χ1n) is 10.7. The molecule has 1 aliphatic rings. The Morgan fingerprint density at radius 1 is 1.03 bits per heavy atom. The molecule has 1 aromatic carbocycles. The number of nitrogens with one attached hydrogen (secondary N) is 4. The summed E-state index contributed by atoms with van der Waals surface area (Å²) in [4.78, 5) is 37.3. The lowest BCUT2D eigenvalue weighted by Gasteiger charge is -2.08. The van der Waals surface area contributed by atoms with Crippen molar-refractivity contribution in [3.05, 3.63) is 54.7 Å². The van der Waals surface area contributed by atoms with Gasteiger partial charge in [0.25, 0.3) is 5.91 Å². The van der Waals surface area contributed by atoms with Crippen molar-refractivity contribution in [2.24, 2.45) is 5.92 Å². The molecule has 1 unspecified atom stereocenters. The minimum Gasteiger partial charge on any atom is -0.324 e. The van der Waals surface area contributed by atoms with Gasteiger partial charge in [-0.1, -0.05) is 6.07 Å². The van der Waals surface area contributed by atoms with Gasteiger partial charge in [-0.3, -0.25) is 24.4 Å². The molecule has 0 spiro atoms. The molecule has 3 heterocycles. The highest BCUT2D eigenvalue weighted by Crippen LogP contribution is 2.31. The lowest BCUT2D eigenvalue weighted by atomic mass is 10.0. The maximum absolute atomic E-state index is 12.9. The maximum atomic E-state index is 12.9. The minimum atomic E-state index is -2.51. The van der Waals surface area contributed by atoms with Crippen LogP contribution in [0.3, 0.4) is 0 Å². The molecule has 1 saturated carbocycles. The highest BCUT2D eigenvalue weighted by Gasteiger charge is 2.29. The molecule has 11 nitrogen and oxygen atoms in total. The third kappa shape index (κ3) is 5.27. The van der Waals surface area contributed by atoms with E-state index >= 15 is 0 Å². The quantitative estimate of drug-likeness (QED) is 0.290. The molecule has 1 atom stereocenters. The molecule has 0 radical (unpaired) electrons. The van der Waals surface area contributed by atoms with Crippen LogP contribution in [0.25, 0.3) is 22.0 Å². The fourth-order valence-corrected chi connectivity index (χ4v) is 3.94. The molecule has 12 heteroatoms. The van der Waals surface area contributed by atoms with Crippen molar-refractivity contribution in [2.75, 3.05) is 21.6 Å². The Balaban J connectivity index is 1.36. The predicted octanol–water partition coefficient (Wildman–Crippen LogP) is 2.69. The molecule has 4 aromatic rings. The Morgan fingerprint density at radius 2 is 1.80 bits per heavy atom. The number of aromatic amines is 1. The fourth-order valence-electron chi connectivity index (χ4n) is 3.45. The topological polar surface area (TPSA) is 155 Å². The number of hydrogen-bond acceptors (Lipinski definition) is 7. The van der Waals surface area contributed by atoms with Crippen LogP contribution in [0.4, 0.5) is 17.3 Å². The molecule has 0 bridgehead atoms. The average molecular weight is 491 g/mol. The molecule has 178 valence electrons. The van der Waals surface area contributed by atoms with Crippen molar-refractivity contribution >= 4 is 55.6 Å². The summed E-state index contributed by atoms with van der Waals surface area (Å²) >= 11 is 0. The molecule has 0 saturated heterocycles. The van der Waals surface area contributed by atoms with Gasteiger partial charge >= 0.3 is 0 Å². The van der Waals surface area contributed by atoms with E-state index < -0.39 is 15.6 Å². The maximum Gasteiger partial charge on any atom is 0.276 e. The van der Waals surface area contributed by atoms with E-state index in [1.165, 1.54) is 18.6 Å². The van der Waals surface area contributed by atoms with E-state index in [1.807, 2.05) is 24.3 Å². The standard InChI is InChI=1S/C23H22N8O3S/c1-35(2,34)31-23-25-11-17(12-26-23)28-22(33)20-18-8-14(5-6-19(18)29-30-20)15-7-16(10-24-9-15)27-21(32)13-3-4-13/h5-13H,1,3-4H2,2H3,(H,27,32)(H,28,33)(H,29,30)(H,25,26,31,34). The molecule has 3 aromatic heterocycles. The number of carbonyl (C=O) groups is 2. The van der Waals surface area contributed by atoms with Gasteiger partial charge in [0.1, 0.15) is 0 Å². The van der Waals surface area contributed by atoms with E-state index in [0.717, 1.165) is 24.0 Å². The molecule has 0 aliphatic heterocycles. The van der Waals surface area contributed by atoms with Crippen molar-refractivity contribution in [3.8, 4) is 11.1 Å². The van der Waals surface area contributed by atoms with Gasteiger partial charge in [0.05, 0.1) is 35.5 Å². The molecule has 35 heavy (non-hydrogen) atoms. The lowest BCUT2D eigenvalue weighted by Crippen LogP contribution is -2.15. The smallest absolute Gasteiger partial charge is 0.276 e. The number of H-pyrrole nitrogens is 1. The summed E-state index contributed by atoms with van der Waals surface area (Å²) in [6, 6.07) is 7.41. The van der Waals surface area contributed by atoms with Crippen molar-refractivity contribution < 1.29 is 13.8 Å². The number of aromatic nitrogens is 5. The number of nitrogens with zero attached hydrogens (tertiary/aromatic N) is 4. The number of anilines is 3. The van der Waals surface area contributed by atoms with E-state index in [-0.39, 0.29) is 23.5 Å². The molecular weight excluding hydrogens is 468 g/mol. The second-order valence-electron chi connectivity index (χ2n) is 8.41. The van der Waals surface area contributed by atoms with Crippen LogP contribution >= 0.6 is 0 Å². The van der Waals surface area contributed by atoms with Crippen molar-refractivity contribution in [2.45, 2.75) is 12.8 Å². The molecule has 4 N–H and O–H groups in total. The first-order chi connectivity index (χ1) is 16.7. The summed E-state index contributed by atoms with van der Waals surface area (Å²) in [6.45, 7) is 0. The fraction of sp³-hybridized carbons (Fsp3) is 0.174. The summed E-state index contributed by atoms with van der Waals surface area (Å²) < 4.78 is 14.3. The number of amides is 2. The van der Waals surface area contributed by atoms with Gasteiger partial charge in [0.15, 0.2) is 5.69 Å². The predicted molar refractivity (Wildman–Crippen MR) is 135 cm³/mol. The molecule has 2 amide bonds. The molecule has 5 rings (SSSR count). The number of pyridine rings is 1. The molecule has 1 fully saturated rings. The van der Waals surface area contributed by atoms with Crippen LogP contribution in [-0.2, 0) is 14.5 Å². The summed E-state index contributed by atoms with van der Waals surface area (Å²) in [5.41, 5.74) is 3.47. The van der Waals surface area contributed by atoms with Gasteiger partial charge < -0.3 is 10.6 Å². The van der Waals surface area contributed by atoms with Crippen LogP contribution in [0, 0.1) is 5.92 Å². The minimum absolute atomic E-state index is 0.00985. The van der Waals surface area contributed by atoms with Gasteiger partial charge in [-0.15, -0.1) is 0 Å². The highest BCUT2D eigenvalue weighted by molar-refractivity contribution is 8.00. The summed E-state index contributed by atoms with van der Waals surface area (Å²) in [5.74, 6) is 3.29. The number of rotatable bonds is 7. The zero-order chi connectivity index (χ0) is 24.6.